The smallest absolute Gasteiger partial charge is 0.440 e. The summed E-state index contributed by atoms with van der Waals surface area (Å²) in [6.45, 7) is 12.0. The first-order valence-electron chi connectivity index (χ1n) is 14.1. The molecule has 0 N–H and O–H groups in total. The van der Waals surface area contributed by atoms with Gasteiger partial charge in [-0.15, -0.1) is 23.2 Å². The van der Waals surface area contributed by atoms with E-state index in [-0.39, 0.29) is 19.5 Å². The molecule has 0 saturated heterocycles. The quantitative estimate of drug-likeness (QED) is 0.102. The number of benzene rings is 3. The Bertz CT molecular complexity index is 1490. The summed E-state index contributed by atoms with van der Waals surface area (Å²) in [7, 11) is -12.0. The van der Waals surface area contributed by atoms with Gasteiger partial charge >= 0.3 is 34.0 Å². The molecule has 0 aliphatic rings. The normalized spacial score (nSPS) is 10.6. The third kappa shape index (κ3) is 21.5. The number of hydrogen-bond acceptors (Lipinski definition) is 5. The zero-order chi connectivity index (χ0) is 37.1. The number of nitrogens with zero attached hydrogens (tertiary/aromatic N) is 3. The number of nitriles is 1. The summed E-state index contributed by atoms with van der Waals surface area (Å²) in [5, 5.41) is 7.32. The molecule has 3 aromatic carbocycles. The van der Waals surface area contributed by atoms with E-state index in [1.165, 1.54) is 18.1 Å². The first-order chi connectivity index (χ1) is 22.2. The molecule has 49 heavy (non-hydrogen) atoms. The van der Waals surface area contributed by atoms with Gasteiger partial charge in [-0.3, -0.25) is 0 Å². The number of para-hydroxylation sites is 4. The van der Waals surface area contributed by atoms with Crippen molar-refractivity contribution >= 4 is 59.9 Å². The van der Waals surface area contributed by atoms with Crippen molar-refractivity contribution in [1.29, 1.82) is 5.26 Å². The van der Waals surface area contributed by atoms with Crippen LogP contribution >= 0.6 is 23.2 Å². The number of rotatable bonds is 4. The minimum absolute atomic E-state index is 0. The average Bonchev–Trinajstić information content (AvgIpc) is 3.62. The molecule has 0 radical (unpaired) electrons. The molecular weight excluding hydrogens is 792 g/mol. The predicted octanol–water partition coefficient (Wildman–Crippen LogP) is 12.0. The van der Waals surface area contributed by atoms with Gasteiger partial charge in [0.15, 0.2) is 11.2 Å². The zero-order valence-electron chi connectivity index (χ0n) is 27.4. The average molecular weight is 827 g/mol. The second-order valence-electron chi connectivity index (χ2n) is 10.3. The maximum atomic E-state index is 9.75. The Kier molecular flexibility index (Phi) is 22.8. The van der Waals surface area contributed by atoms with Crippen LogP contribution < -0.4 is 0 Å². The van der Waals surface area contributed by atoms with Crippen molar-refractivity contribution in [2.24, 2.45) is 0 Å². The van der Waals surface area contributed by atoms with E-state index in [2.05, 4.69) is 55.0 Å². The van der Waals surface area contributed by atoms with Crippen LogP contribution in [-0.2, 0) is 24.9 Å². The van der Waals surface area contributed by atoms with E-state index in [1.54, 1.807) is 6.07 Å². The predicted molar refractivity (Wildman–Crippen MR) is 179 cm³/mol. The van der Waals surface area contributed by atoms with Crippen LogP contribution in [0.5, 0.6) is 0 Å². The number of fused-ring (bicyclic) bond motifs is 2. The molecule has 0 aliphatic carbocycles. The van der Waals surface area contributed by atoms with Crippen molar-refractivity contribution in [3.8, 4) is 6.07 Å². The van der Waals surface area contributed by atoms with E-state index in [1.807, 2.05) is 62.4 Å². The fraction of sp³-hybridized carbons (Fsp3) is 0.323. The topological polar surface area (TPSA) is 75.8 Å². The summed E-state index contributed by atoms with van der Waals surface area (Å²) < 4.78 is 89.7. The van der Waals surface area contributed by atoms with Gasteiger partial charge in [-0.2, -0.15) is 5.26 Å². The number of aryl methyl sites for hydroxylation is 1. The Balaban J connectivity index is 0. The first-order valence-corrected chi connectivity index (χ1v) is 15.2. The second-order valence-corrected chi connectivity index (χ2v) is 11.0. The van der Waals surface area contributed by atoms with E-state index >= 15 is 0 Å². The Morgan fingerprint density at radius 1 is 0.714 bits per heavy atom. The van der Waals surface area contributed by atoms with Gasteiger partial charge in [0.25, 0.3) is 0 Å². The minimum atomic E-state index is -6.00. The number of hydrogen-bond donors (Lipinski definition) is 0. The van der Waals surface area contributed by atoms with Crippen molar-refractivity contribution in [1.82, 2.24) is 9.97 Å². The van der Waals surface area contributed by atoms with Crippen LogP contribution in [-0.4, -0.2) is 36.2 Å². The summed E-state index contributed by atoms with van der Waals surface area (Å²) >= 11 is 10.1. The molecule has 5 rings (SSSR count). The summed E-state index contributed by atoms with van der Waals surface area (Å²) in [6.07, 6.45) is 0. The van der Waals surface area contributed by atoms with Gasteiger partial charge in [0.05, 0.1) is 6.07 Å². The van der Waals surface area contributed by atoms with E-state index in [0.29, 0.717) is 29.5 Å². The van der Waals surface area contributed by atoms with Crippen molar-refractivity contribution in [2.75, 3.05) is 11.8 Å². The molecule has 0 fully saturated rings. The van der Waals surface area contributed by atoms with Crippen molar-refractivity contribution in [3.63, 3.8) is 0 Å². The van der Waals surface area contributed by atoms with E-state index in [0.717, 1.165) is 22.2 Å². The Labute approximate surface area is 303 Å². The Hall–Kier alpha value is -3.14. The van der Waals surface area contributed by atoms with Gasteiger partial charge in [0.1, 0.15) is 16.4 Å². The van der Waals surface area contributed by atoms with Crippen molar-refractivity contribution in [2.45, 2.75) is 52.9 Å². The second kappa shape index (κ2) is 23.3. The monoisotopic (exact) mass is 827 g/mol. The number of aromatic nitrogens is 2. The number of halogens is 10. The minimum Gasteiger partial charge on any atom is -0.440 e. The molecule has 270 valence electrons. The molecule has 2 aromatic heterocycles. The molecule has 5 aromatic rings. The van der Waals surface area contributed by atoms with Crippen molar-refractivity contribution < 1.29 is 62.8 Å². The molecule has 2 heterocycles. The summed E-state index contributed by atoms with van der Waals surface area (Å²) in [5.41, 5.74) is 5.47. The molecule has 0 bridgehead atoms. The molecule has 5 nitrogen and oxygen atoms in total. The molecule has 18 heteroatoms. The van der Waals surface area contributed by atoms with Crippen LogP contribution in [0.3, 0.4) is 0 Å². The third-order valence-corrected chi connectivity index (χ3v) is 6.04. The largest absolute Gasteiger partial charge is 2.00 e. The van der Waals surface area contributed by atoms with Crippen LogP contribution in [0.15, 0.2) is 81.6 Å². The fourth-order valence-electron chi connectivity index (χ4n) is 3.32. The number of oxazole rings is 2. The van der Waals surface area contributed by atoms with E-state index in [9.17, 15) is 34.5 Å². The van der Waals surface area contributed by atoms with Crippen LogP contribution in [0.1, 0.15) is 63.4 Å². The van der Waals surface area contributed by atoms with Crippen LogP contribution in [0.4, 0.5) is 34.5 Å². The summed E-state index contributed by atoms with van der Waals surface area (Å²) in [5.74, 6) is 2.98. The SMILES string of the molecule is CC#N.CC(C)(c1nc2ccccc2o1)c1nc2ccccc2o1.Cc1ccc(C(C)C)cc1.ClCCCl.F[B-](F)(F)F.F[B-](F)(F)F.[Ru+2]. The van der Waals surface area contributed by atoms with Gasteiger partial charge in [-0.05, 0) is 56.5 Å². The van der Waals surface area contributed by atoms with E-state index < -0.39 is 19.9 Å². The molecule has 0 saturated carbocycles. The van der Waals surface area contributed by atoms with Crippen LogP contribution in [0, 0.1) is 18.3 Å². The Morgan fingerprint density at radius 3 is 1.29 bits per heavy atom. The van der Waals surface area contributed by atoms with Gasteiger partial charge < -0.3 is 43.4 Å². The molecule has 0 spiro atoms. The molecular formula is C31H35B2Cl2F8N3O2Ru. The van der Waals surface area contributed by atoms with Gasteiger partial charge in [0.2, 0.25) is 11.8 Å². The zero-order valence-corrected chi connectivity index (χ0v) is 30.6. The van der Waals surface area contributed by atoms with E-state index in [4.69, 9.17) is 37.3 Å². The maximum absolute atomic E-state index is 9.75. The van der Waals surface area contributed by atoms with Crippen LogP contribution in [0.2, 0.25) is 0 Å². The van der Waals surface area contributed by atoms with Gasteiger partial charge in [-0.25, -0.2) is 9.97 Å². The fourth-order valence-corrected chi connectivity index (χ4v) is 3.32. The number of alkyl halides is 2. The molecule has 0 atom stereocenters. The van der Waals surface area contributed by atoms with Crippen molar-refractivity contribution in [3.05, 3.63) is 95.7 Å². The summed E-state index contributed by atoms with van der Waals surface area (Å²) in [6, 6.07) is 25.9. The molecule has 0 amide bonds. The summed E-state index contributed by atoms with van der Waals surface area (Å²) in [4.78, 5) is 9.13. The van der Waals surface area contributed by atoms with Gasteiger partial charge in [0, 0.05) is 18.7 Å². The van der Waals surface area contributed by atoms with Crippen LogP contribution in [0.25, 0.3) is 22.2 Å². The Morgan fingerprint density at radius 2 is 1.02 bits per heavy atom. The molecule has 0 aliphatic heterocycles. The molecule has 0 unspecified atom stereocenters. The maximum Gasteiger partial charge on any atom is 2.00 e. The van der Waals surface area contributed by atoms with Gasteiger partial charge in [-0.1, -0.05) is 67.9 Å². The standard InChI is InChI=1S/C17H14N2O2.C10H14.C2H4Cl2.C2H3N.2BF4.Ru/c1-17(2,15-18-11-7-3-5-9-13(11)20-15)16-19-12-8-4-6-10-14(12)21-16;1-8(2)10-6-4-9(3)5-7-10;3-1-2-4;1-2-3;2*2-1(3,4)5;/h3-10H,1-2H3;4-8H,1-3H3;1-2H2;1H3;;;/q;;;;2*-1;+2. The first kappa shape index (κ1) is 48.0. The third-order valence-electron chi connectivity index (χ3n) is 5.47.